The van der Waals surface area contributed by atoms with Gasteiger partial charge >= 0.3 is 12.0 Å². The predicted molar refractivity (Wildman–Crippen MR) is 255 cm³/mol. The third-order valence-corrected chi connectivity index (χ3v) is 10.9. The van der Waals surface area contributed by atoms with Crippen molar-refractivity contribution < 1.29 is 38.6 Å². The third-order valence-electron chi connectivity index (χ3n) is 10.5. The van der Waals surface area contributed by atoms with E-state index in [1.54, 1.807) is 42.9 Å². The molecule has 14 heteroatoms. The highest BCUT2D eigenvalue weighted by Crippen LogP contribution is 2.24. The van der Waals surface area contributed by atoms with Gasteiger partial charge in [0.25, 0.3) is 0 Å². The zero-order valence-electron chi connectivity index (χ0n) is 41.8. The highest BCUT2D eigenvalue weighted by atomic mass is 32.1. The topological polar surface area (TPSA) is 158 Å². The van der Waals surface area contributed by atoms with Gasteiger partial charge in [-0.2, -0.15) is 12.6 Å². The summed E-state index contributed by atoms with van der Waals surface area (Å²) in [5, 5.41) is 13.5. The van der Waals surface area contributed by atoms with E-state index in [1.807, 2.05) is 34.7 Å². The Morgan fingerprint density at radius 1 is 0.883 bits per heavy atom. The van der Waals surface area contributed by atoms with Crippen molar-refractivity contribution >= 4 is 43.2 Å². The number of thiol groups is 1. The number of likely N-dealkylation sites (N-methyl/N-ethyl adjacent to an activating group) is 2. The number of ether oxygens (including phenoxy) is 2. The van der Waals surface area contributed by atoms with Gasteiger partial charge in [-0.25, -0.2) is 4.79 Å². The molecule has 0 aromatic rings. The molecule has 13 nitrogen and oxygen atoms in total. The first-order valence-electron chi connectivity index (χ1n) is 22.9. The van der Waals surface area contributed by atoms with E-state index in [0.29, 0.717) is 12.5 Å². The molecule has 1 heterocycles. The van der Waals surface area contributed by atoms with E-state index in [-0.39, 0.29) is 48.7 Å². The number of rotatable bonds is 23. The molecule has 6 unspecified atom stereocenters. The largest absolute Gasteiger partial charge is 0.480 e. The quantitative estimate of drug-likeness (QED) is 0.0448. The molecular formula is C46H97N5O8S. The van der Waals surface area contributed by atoms with Crippen LogP contribution in [0.4, 0.5) is 4.79 Å². The van der Waals surface area contributed by atoms with Gasteiger partial charge in [-0.15, -0.1) is 0 Å². The van der Waals surface area contributed by atoms with Gasteiger partial charge in [0.1, 0.15) is 12.3 Å². The van der Waals surface area contributed by atoms with Crippen LogP contribution in [0.3, 0.4) is 0 Å². The summed E-state index contributed by atoms with van der Waals surface area (Å²) >= 11 is 4.22. The number of unbranched alkanes of at least 4 members (excludes halogenated alkanes) is 3. The van der Waals surface area contributed by atoms with Crippen molar-refractivity contribution in [3.05, 3.63) is 0 Å². The fourth-order valence-corrected chi connectivity index (χ4v) is 5.96. The zero-order chi connectivity index (χ0) is 47.8. The van der Waals surface area contributed by atoms with Crippen LogP contribution < -0.4 is 10.6 Å². The van der Waals surface area contributed by atoms with Gasteiger partial charge in [0, 0.05) is 46.8 Å². The lowest BCUT2D eigenvalue weighted by atomic mass is 9.91. The van der Waals surface area contributed by atoms with E-state index in [9.17, 15) is 24.0 Å². The molecule has 0 radical (unpaired) electrons. The number of carbonyl (C=O) groups is 5. The van der Waals surface area contributed by atoms with Crippen molar-refractivity contribution in [2.24, 2.45) is 23.7 Å². The molecule has 3 N–H and O–H groups in total. The number of aldehydes is 1. The van der Waals surface area contributed by atoms with Crippen molar-refractivity contribution in [1.29, 1.82) is 0 Å². The number of nitrogens with zero attached hydrogens (tertiary/aromatic N) is 3. The Labute approximate surface area is 375 Å². The number of aliphatic carboxylic acids is 1. The summed E-state index contributed by atoms with van der Waals surface area (Å²) in [5.41, 5.74) is 0. The van der Waals surface area contributed by atoms with Crippen molar-refractivity contribution in [3.63, 3.8) is 0 Å². The van der Waals surface area contributed by atoms with E-state index < -0.39 is 12.0 Å². The molecule has 1 fully saturated rings. The molecule has 0 aromatic heterocycles. The van der Waals surface area contributed by atoms with Gasteiger partial charge in [0.15, 0.2) is 0 Å². The number of carboxylic acid groups (broad SMARTS) is 1. The summed E-state index contributed by atoms with van der Waals surface area (Å²) in [5.74, 6) is 1.87. The Bertz CT molecular complexity index is 1020. The number of hydrogen-bond acceptors (Lipinski definition) is 9. The van der Waals surface area contributed by atoms with Crippen LogP contribution in [0.1, 0.15) is 155 Å². The van der Waals surface area contributed by atoms with Crippen LogP contribution in [0.25, 0.3) is 0 Å². The lowest BCUT2D eigenvalue weighted by Gasteiger charge is -2.37. The molecule has 360 valence electrons. The fourth-order valence-electron chi connectivity index (χ4n) is 5.73. The van der Waals surface area contributed by atoms with Crippen LogP contribution in [0.2, 0.25) is 0 Å². The first-order valence-corrected chi connectivity index (χ1v) is 23.5. The Kier molecular flexibility index (Phi) is 49.6. The number of nitrogens with one attached hydrogen (secondary N) is 2. The van der Waals surface area contributed by atoms with E-state index >= 15 is 0 Å². The number of urea groups is 1. The highest BCUT2D eigenvalue weighted by Gasteiger charge is 2.34. The maximum atomic E-state index is 12.7. The Hall–Kier alpha value is -2.42. The fraction of sp³-hybridized carbons (Fsp3) is 0.891. The van der Waals surface area contributed by atoms with Crippen molar-refractivity contribution in [2.45, 2.75) is 185 Å². The van der Waals surface area contributed by atoms with Gasteiger partial charge in [-0.3, -0.25) is 14.4 Å². The number of methoxy groups -OCH3 is 2. The molecule has 0 aliphatic carbocycles. The number of carbonyl (C=O) groups excluding carboxylic acids is 4. The maximum Gasteiger partial charge on any atom is 0.320 e. The molecule has 1 rings (SSSR count). The maximum absolute atomic E-state index is 12.7. The lowest BCUT2D eigenvalue weighted by molar-refractivity contribution is -0.139. The van der Waals surface area contributed by atoms with Crippen molar-refractivity contribution in [1.82, 2.24) is 25.3 Å². The van der Waals surface area contributed by atoms with Crippen LogP contribution in [0.5, 0.6) is 0 Å². The lowest BCUT2D eigenvalue weighted by Crippen LogP contribution is -2.52. The molecule has 1 aliphatic heterocycles. The molecule has 0 aromatic carbocycles. The normalized spacial score (nSPS) is 15.8. The summed E-state index contributed by atoms with van der Waals surface area (Å²) in [7, 11) is 6.70. The second-order valence-electron chi connectivity index (χ2n) is 15.7. The smallest absolute Gasteiger partial charge is 0.320 e. The predicted octanol–water partition coefficient (Wildman–Crippen LogP) is 8.68. The summed E-state index contributed by atoms with van der Waals surface area (Å²) < 4.78 is 10.9. The monoisotopic (exact) mass is 880 g/mol. The first kappa shape index (κ1) is 66.7. The summed E-state index contributed by atoms with van der Waals surface area (Å²) in [6.07, 6.45) is 10.9. The average Bonchev–Trinajstić information content (AvgIpc) is 3.72. The molecule has 0 spiro atoms. The van der Waals surface area contributed by atoms with Gasteiger partial charge in [0.05, 0.1) is 30.8 Å². The number of amides is 4. The van der Waals surface area contributed by atoms with E-state index in [0.717, 1.165) is 94.7 Å². The van der Waals surface area contributed by atoms with Gasteiger partial charge in [0.2, 0.25) is 12.3 Å². The molecule has 4 amide bonds. The first-order chi connectivity index (χ1) is 28.3. The van der Waals surface area contributed by atoms with Crippen LogP contribution in [0.15, 0.2) is 0 Å². The van der Waals surface area contributed by atoms with Gasteiger partial charge in [-0.05, 0) is 76.5 Å². The Morgan fingerprint density at radius 3 is 1.77 bits per heavy atom. The summed E-state index contributed by atoms with van der Waals surface area (Å²) in [6, 6.07) is -0.534. The standard InChI is InChI=1S/C21H43N3O3S.C10H17NO3.C6H14.C4H9NO2.C3H8.C2H6/c1-7-17(4)20(18(8-2)27-6)23(5)19(25)16-22-21(26)24(9-3)14-12-10-11-13-15-28;1-8(6-12)10(14-2)9-4-3-5-11(9)7-13;1-5(2)6(3)4;1-3(5-2)4(6)7;1-3-2;1-2/h17-18,20,28H,7-16H2,1-6H3,(H,22,26);6-10H,3-5H2,1-2H3;5-6H,1-4H3;3,5H,1-2H3,(H,6,7);3H2,1-2H3;1-2H3/t;;;3-;;/m...0../s1. The van der Waals surface area contributed by atoms with E-state index in [1.165, 1.54) is 6.42 Å². The van der Waals surface area contributed by atoms with E-state index in [2.05, 4.69) is 85.6 Å². The van der Waals surface area contributed by atoms with Gasteiger partial charge < -0.3 is 44.7 Å². The second-order valence-corrected chi connectivity index (χ2v) is 16.2. The molecule has 1 saturated heterocycles. The molecule has 7 atom stereocenters. The Balaban J connectivity index is -0.000000258. The SMILES string of the molecule is CC.CC(C)C(C)C.CCC.CCC(C)C(C(CC)OC)N(C)C(=O)CNC(=O)N(CC)CCCCCCS.CN[C@@H](C)C(=O)O.COC(C(C)C=O)C1CCCN1C=O. The zero-order valence-corrected chi connectivity index (χ0v) is 42.7. The van der Waals surface area contributed by atoms with Crippen LogP contribution in [0, 0.1) is 23.7 Å². The van der Waals surface area contributed by atoms with Crippen LogP contribution >= 0.6 is 12.6 Å². The number of hydrogen-bond donors (Lipinski definition) is 4. The summed E-state index contributed by atoms with van der Waals surface area (Å²) in [4.78, 5) is 61.7. The molecular weight excluding hydrogens is 783 g/mol. The molecule has 1 aliphatic rings. The summed E-state index contributed by atoms with van der Waals surface area (Å²) in [6.45, 7) is 31.1. The van der Waals surface area contributed by atoms with Gasteiger partial charge in [-0.1, -0.05) is 109 Å². The average molecular weight is 880 g/mol. The minimum atomic E-state index is -0.817. The van der Waals surface area contributed by atoms with Crippen LogP contribution in [-0.2, 0) is 28.7 Å². The van der Waals surface area contributed by atoms with Crippen molar-refractivity contribution in [3.8, 4) is 0 Å². The number of likely N-dealkylation sites (tertiary alicyclic amines) is 1. The minimum Gasteiger partial charge on any atom is -0.480 e. The highest BCUT2D eigenvalue weighted by molar-refractivity contribution is 7.80. The molecule has 0 saturated carbocycles. The van der Waals surface area contributed by atoms with Crippen LogP contribution in [-0.4, -0.2) is 141 Å². The van der Waals surface area contributed by atoms with Crippen molar-refractivity contribution in [2.75, 3.05) is 60.2 Å². The third kappa shape index (κ3) is 32.3. The Morgan fingerprint density at radius 2 is 1.42 bits per heavy atom. The minimum absolute atomic E-state index is 0.00138. The molecule has 60 heavy (non-hydrogen) atoms. The number of carboxylic acids is 1. The van der Waals surface area contributed by atoms with E-state index in [4.69, 9.17) is 14.6 Å². The molecule has 0 bridgehead atoms. The second kappa shape index (κ2) is 44.6.